The zero-order valence-electron chi connectivity index (χ0n) is 16.5. The third-order valence-corrected chi connectivity index (χ3v) is 4.51. The first-order valence-electron chi connectivity index (χ1n) is 9.68. The minimum absolute atomic E-state index is 0. The van der Waals surface area contributed by atoms with E-state index in [9.17, 15) is 4.79 Å². The highest BCUT2D eigenvalue weighted by Crippen LogP contribution is 2.18. The number of hydrogen-bond acceptors (Lipinski definition) is 3. The van der Waals surface area contributed by atoms with Gasteiger partial charge in [0.1, 0.15) is 5.75 Å². The second kappa shape index (κ2) is 11.5. The van der Waals surface area contributed by atoms with Gasteiger partial charge in [-0.15, -0.1) is 12.4 Å². The number of hydrogen-bond donors (Lipinski definition) is 2. The van der Waals surface area contributed by atoms with Crippen molar-refractivity contribution in [3.63, 3.8) is 0 Å². The molecule has 1 aromatic carbocycles. The monoisotopic (exact) mass is 382 g/mol. The van der Waals surface area contributed by atoms with Crippen molar-refractivity contribution >= 4 is 18.3 Å². The van der Waals surface area contributed by atoms with Crippen molar-refractivity contribution in [3.05, 3.63) is 29.8 Å². The zero-order chi connectivity index (χ0) is 18.1. The molecule has 148 valence electrons. The van der Waals surface area contributed by atoms with Crippen LogP contribution in [0.4, 0.5) is 0 Å². The van der Waals surface area contributed by atoms with Crippen molar-refractivity contribution in [2.24, 2.45) is 0 Å². The maximum atomic E-state index is 11.8. The Kier molecular flexibility index (Phi) is 10.0. The molecule has 1 fully saturated rings. The number of carbonyl (C=O) groups is 1. The number of nitrogens with one attached hydrogen (secondary N) is 2. The number of rotatable bonds is 6. The van der Waals surface area contributed by atoms with E-state index >= 15 is 0 Å². The molecule has 0 saturated heterocycles. The van der Waals surface area contributed by atoms with Crippen LogP contribution in [-0.4, -0.2) is 24.1 Å². The van der Waals surface area contributed by atoms with Gasteiger partial charge in [0, 0.05) is 18.1 Å². The van der Waals surface area contributed by atoms with E-state index in [1.807, 2.05) is 32.9 Å². The molecule has 1 amide bonds. The third-order valence-electron chi connectivity index (χ3n) is 4.51. The topological polar surface area (TPSA) is 50.4 Å². The van der Waals surface area contributed by atoms with Gasteiger partial charge in [-0.3, -0.25) is 4.79 Å². The van der Waals surface area contributed by atoms with E-state index in [4.69, 9.17) is 4.74 Å². The van der Waals surface area contributed by atoms with Crippen LogP contribution in [-0.2, 0) is 11.3 Å². The van der Waals surface area contributed by atoms with Crippen LogP contribution < -0.4 is 15.4 Å². The van der Waals surface area contributed by atoms with Crippen molar-refractivity contribution in [2.75, 3.05) is 6.61 Å². The Morgan fingerprint density at radius 1 is 1.04 bits per heavy atom. The fourth-order valence-electron chi connectivity index (χ4n) is 3.23. The Hall–Kier alpha value is -1.26. The summed E-state index contributed by atoms with van der Waals surface area (Å²) in [4.78, 5) is 11.8. The SMILES string of the molecule is CC(C)(C)NC(=O)COc1ccc(CNC2CCCCCCC2)cc1.Cl. The summed E-state index contributed by atoms with van der Waals surface area (Å²) < 4.78 is 5.56. The van der Waals surface area contributed by atoms with Gasteiger partial charge in [0.2, 0.25) is 0 Å². The summed E-state index contributed by atoms with van der Waals surface area (Å²) in [5.41, 5.74) is 1.03. The lowest BCUT2D eigenvalue weighted by molar-refractivity contribution is -0.124. The van der Waals surface area contributed by atoms with Crippen LogP contribution in [0.2, 0.25) is 0 Å². The number of ether oxygens (including phenoxy) is 1. The van der Waals surface area contributed by atoms with Gasteiger partial charge in [-0.2, -0.15) is 0 Å². The predicted molar refractivity (Wildman–Crippen MR) is 110 cm³/mol. The summed E-state index contributed by atoms with van der Waals surface area (Å²) in [6.07, 6.45) is 9.46. The Balaban J connectivity index is 0.00000338. The van der Waals surface area contributed by atoms with Crippen LogP contribution >= 0.6 is 12.4 Å². The van der Waals surface area contributed by atoms with Crippen LogP contribution in [0, 0.1) is 0 Å². The number of benzene rings is 1. The molecule has 0 aliphatic heterocycles. The second-order valence-electron chi connectivity index (χ2n) is 8.15. The highest BCUT2D eigenvalue weighted by Gasteiger charge is 2.14. The normalized spacial score (nSPS) is 16.1. The van der Waals surface area contributed by atoms with Crippen molar-refractivity contribution in [3.8, 4) is 5.75 Å². The van der Waals surface area contributed by atoms with Gasteiger partial charge in [-0.1, -0.05) is 44.2 Å². The minimum atomic E-state index is -0.229. The molecule has 0 spiro atoms. The smallest absolute Gasteiger partial charge is 0.258 e. The molecule has 1 aliphatic rings. The van der Waals surface area contributed by atoms with Gasteiger partial charge in [-0.05, 0) is 51.3 Å². The van der Waals surface area contributed by atoms with E-state index in [-0.39, 0.29) is 30.5 Å². The Labute approximate surface area is 164 Å². The molecule has 0 aromatic heterocycles. The molecular weight excluding hydrogens is 348 g/mol. The molecular formula is C21H35ClN2O2. The van der Waals surface area contributed by atoms with Crippen molar-refractivity contribution < 1.29 is 9.53 Å². The summed E-state index contributed by atoms with van der Waals surface area (Å²) >= 11 is 0. The first-order valence-corrected chi connectivity index (χ1v) is 9.68. The van der Waals surface area contributed by atoms with E-state index < -0.39 is 0 Å². The molecule has 5 heteroatoms. The second-order valence-corrected chi connectivity index (χ2v) is 8.15. The van der Waals surface area contributed by atoms with Crippen molar-refractivity contribution in [1.29, 1.82) is 0 Å². The van der Waals surface area contributed by atoms with Crippen LogP contribution in [0.5, 0.6) is 5.75 Å². The van der Waals surface area contributed by atoms with Gasteiger partial charge >= 0.3 is 0 Å². The van der Waals surface area contributed by atoms with Gasteiger partial charge in [-0.25, -0.2) is 0 Å². The van der Waals surface area contributed by atoms with E-state index in [0.717, 1.165) is 12.3 Å². The molecule has 0 heterocycles. The van der Waals surface area contributed by atoms with Crippen molar-refractivity contribution in [1.82, 2.24) is 10.6 Å². The summed E-state index contributed by atoms with van der Waals surface area (Å²) in [6.45, 7) is 6.83. The highest BCUT2D eigenvalue weighted by molar-refractivity contribution is 5.85. The molecule has 26 heavy (non-hydrogen) atoms. The molecule has 1 saturated carbocycles. The summed E-state index contributed by atoms with van der Waals surface area (Å²) in [7, 11) is 0. The molecule has 0 atom stereocenters. The lowest BCUT2D eigenvalue weighted by Gasteiger charge is -2.21. The third kappa shape index (κ3) is 9.44. The molecule has 1 aliphatic carbocycles. The molecule has 1 aromatic rings. The minimum Gasteiger partial charge on any atom is -0.484 e. The van der Waals surface area contributed by atoms with E-state index in [0.29, 0.717) is 6.04 Å². The summed E-state index contributed by atoms with van der Waals surface area (Å²) in [6, 6.07) is 8.69. The van der Waals surface area contributed by atoms with Crippen molar-refractivity contribution in [2.45, 2.75) is 83.8 Å². The Bertz CT molecular complexity index is 518. The molecule has 0 bridgehead atoms. The summed E-state index contributed by atoms with van der Waals surface area (Å²) in [5.74, 6) is 0.640. The fraction of sp³-hybridized carbons (Fsp3) is 0.667. The number of amides is 1. The van der Waals surface area contributed by atoms with Crippen LogP contribution in [0.15, 0.2) is 24.3 Å². The maximum absolute atomic E-state index is 11.8. The number of carbonyl (C=O) groups excluding carboxylic acids is 1. The average Bonchev–Trinajstić information content (AvgIpc) is 2.51. The lowest BCUT2D eigenvalue weighted by atomic mass is 9.96. The van der Waals surface area contributed by atoms with Gasteiger partial charge in [0.05, 0.1) is 0 Å². The first-order chi connectivity index (χ1) is 11.9. The molecule has 0 unspecified atom stereocenters. The molecule has 4 nitrogen and oxygen atoms in total. The molecule has 0 radical (unpaired) electrons. The Morgan fingerprint density at radius 3 is 2.19 bits per heavy atom. The number of halogens is 1. The van der Waals surface area contributed by atoms with E-state index in [1.165, 1.54) is 50.5 Å². The lowest BCUT2D eigenvalue weighted by Crippen LogP contribution is -2.43. The molecule has 2 N–H and O–H groups in total. The van der Waals surface area contributed by atoms with Gasteiger partial charge in [0.25, 0.3) is 5.91 Å². The average molecular weight is 383 g/mol. The quantitative estimate of drug-likeness (QED) is 0.755. The van der Waals surface area contributed by atoms with Crippen LogP contribution in [0.25, 0.3) is 0 Å². The van der Waals surface area contributed by atoms with Gasteiger partial charge in [0.15, 0.2) is 6.61 Å². The maximum Gasteiger partial charge on any atom is 0.258 e. The zero-order valence-corrected chi connectivity index (χ0v) is 17.3. The van der Waals surface area contributed by atoms with E-state index in [1.54, 1.807) is 0 Å². The summed E-state index contributed by atoms with van der Waals surface area (Å²) in [5, 5.41) is 6.59. The Morgan fingerprint density at radius 2 is 1.62 bits per heavy atom. The standard InChI is InChI=1S/C21H34N2O2.ClH/c1-21(2,3)23-20(24)16-25-19-13-11-17(12-14-19)15-22-18-9-7-5-4-6-8-10-18;/h11-14,18,22H,4-10,15-16H2,1-3H3,(H,23,24);1H. The van der Waals surface area contributed by atoms with E-state index in [2.05, 4.69) is 22.8 Å². The van der Waals surface area contributed by atoms with Crippen LogP contribution in [0.3, 0.4) is 0 Å². The van der Waals surface area contributed by atoms with Gasteiger partial charge < -0.3 is 15.4 Å². The first kappa shape index (κ1) is 22.8. The predicted octanol–water partition coefficient (Wildman–Crippen LogP) is 4.60. The van der Waals surface area contributed by atoms with Crippen LogP contribution in [0.1, 0.15) is 71.3 Å². The fourth-order valence-corrected chi connectivity index (χ4v) is 3.23. The largest absolute Gasteiger partial charge is 0.484 e. The molecule has 2 rings (SSSR count). The highest BCUT2D eigenvalue weighted by atomic mass is 35.5.